The molecule has 2 aromatic heterocycles. The fraction of sp³-hybridized carbons (Fsp3) is 0.143. The molecule has 0 fully saturated rings. The van der Waals surface area contributed by atoms with Crippen LogP contribution in [0.3, 0.4) is 0 Å². The normalized spacial score (nSPS) is 11.1. The molecular weight excluding hydrogens is 272 g/mol. The second-order valence-electron chi connectivity index (χ2n) is 4.41. The van der Waals surface area contributed by atoms with Crippen LogP contribution in [0.2, 0.25) is 0 Å². The zero-order chi connectivity index (χ0) is 14.1. The van der Waals surface area contributed by atoms with Crippen LogP contribution in [0.15, 0.2) is 30.5 Å². The minimum atomic E-state index is -0.182. The molecule has 3 aromatic rings. The summed E-state index contributed by atoms with van der Waals surface area (Å²) in [7, 11) is 0. The van der Waals surface area contributed by atoms with Gasteiger partial charge in [0.15, 0.2) is 0 Å². The molecule has 5 N–H and O–H groups in total. The van der Waals surface area contributed by atoms with Crippen molar-refractivity contribution in [2.75, 3.05) is 18.8 Å². The lowest BCUT2D eigenvalue weighted by Crippen LogP contribution is -2.28. The number of rotatable bonds is 3. The molecule has 0 unspecified atom stereocenters. The third-order valence-corrected chi connectivity index (χ3v) is 4.35. The van der Waals surface area contributed by atoms with Crippen molar-refractivity contribution in [3.63, 3.8) is 0 Å². The minimum absolute atomic E-state index is 0.182. The summed E-state index contributed by atoms with van der Waals surface area (Å²) in [6.07, 6.45) is 1.73. The average molecular weight is 286 g/mol. The fourth-order valence-corrected chi connectivity index (χ4v) is 3.28. The first kappa shape index (κ1) is 12.8. The number of hydrogen-bond donors (Lipinski definition) is 3. The first-order valence-electron chi connectivity index (χ1n) is 6.26. The molecule has 20 heavy (non-hydrogen) atoms. The highest BCUT2D eigenvalue weighted by molar-refractivity contribution is 7.22. The molecule has 3 rings (SSSR count). The summed E-state index contributed by atoms with van der Waals surface area (Å²) in [6.45, 7) is 0.840. The van der Waals surface area contributed by atoms with Crippen LogP contribution in [0.4, 0.5) is 5.69 Å². The smallest absolute Gasteiger partial charge is 0.263 e. The number of nitrogen functional groups attached to an aromatic ring is 1. The van der Waals surface area contributed by atoms with Gasteiger partial charge in [0, 0.05) is 34.8 Å². The molecule has 5 nitrogen and oxygen atoms in total. The number of nitrogens with two attached hydrogens (primary N) is 2. The maximum atomic E-state index is 12.1. The van der Waals surface area contributed by atoms with Gasteiger partial charge in [-0.25, -0.2) is 0 Å². The van der Waals surface area contributed by atoms with Crippen molar-refractivity contribution >= 4 is 43.9 Å². The molecule has 0 aliphatic heterocycles. The number of carbonyl (C=O) groups is 1. The number of amides is 1. The number of fused-ring (bicyclic) bond motifs is 3. The van der Waals surface area contributed by atoms with Crippen LogP contribution >= 0.6 is 11.3 Å². The van der Waals surface area contributed by atoms with E-state index in [1.54, 1.807) is 6.20 Å². The van der Waals surface area contributed by atoms with Crippen LogP contribution in [0, 0.1) is 0 Å². The number of para-hydroxylation sites is 1. The number of pyridine rings is 1. The maximum absolute atomic E-state index is 12.1. The van der Waals surface area contributed by atoms with E-state index in [-0.39, 0.29) is 5.91 Å². The van der Waals surface area contributed by atoms with Crippen LogP contribution < -0.4 is 16.8 Å². The van der Waals surface area contributed by atoms with Crippen molar-refractivity contribution < 1.29 is 4.79 Å². The van der Waals surface area contributed by atoms with E-state index < -0.39 is 0 Å². The van der Waals surface area contributed by atoms with Gasteiger partial charge in [-0.15, -0.1) is 11.3 Å². The monoisotopic (exact) mass is 286 g/mol. The highest BCUT2D eigenvalue weighted by atomic mass is 32.1. The molecule has 1 amide bonds. The summed E-state index contributed by atoms with van der Waals surface area (Å²) in [6, 6.07) is 7.82. The van der Waals surface area contributed by atoms with Crippen molar-refractivity contribution in [2.24, 2.45) is 5.73 Å². The Morgan fingerprint density at radius 1 is 1.30 bits per heavy atom. The number of thiophene rings is 1. The Hall–Kier alpha value is -2.18. The summed E-state index contributed by atoms with van der Waals surface area (Å²) in [5.41, 5.74) is 12.9. The SMILES string of the molecule is NCCNC(=O)c1sc2c(cnc3ccccc32)c1N. The summed E-state index contributed by atoms with van der Waals surface area (Å²) < 4.78 is 0.992. The van der Waals surface area contributed by atoms with Crippen LogP contribution in [0.5, 0.6) is 0 Å². The molecule has 0 saturated heterocycles. The van der Waals surface area contributed by atoms with Gasteiger partial charge in [-0.3, -0.25) is 9.78 Å². The van der Waals surface area contributed by atoms with Gasteiger partial charge in [-0.05, 0) is 6.07 Å². The van der Waals surface area contributed by atoms with E-state index >= 15 is 0 Å². The molecule has 0 radical (unpaired) electrons. The van der Waals surface area contributed by atoms with Crippen molar-refractivity contribution in [3.8, 4) is 0 Å². The summed E-state index contributed by atoms with van der Waals surface area (Å²) in [5, 5.41) is 4.58. The van der Waals surface area contributed by atoms with Gasteiger partial charge in [-0.2, -0.15) is 0 Å². The largest absolute Gasteiger partial charge is 0.397 e. The highest BCUT2D eigenvalue weighted by Gasteiger charge is 2.17. The lowest BCUT2D eigenvalue weighted by Gasteiger charge is -2.01. The Kier molecular flexibility index (Phi) is 3.25. The maximum Gasteiger partial charge on any atom is 0.263 e. The molecule has 0 saturated carbocycles. The lowest BCUT2D eigenvalue weighted by atomic mass is 10.1. The third kappa shape index (κ3) is 1.99. The van der Waals surface area contributed by atoms with E-state index in [9.17, 15) is 4.79 Å². The van der Waals surface area contributed by atoms with Crippen LogP contribution in [0.1, 0.15) is 9.67 Å². The van der Waals surface area contributed by atoms with Gasteiger partial charge >= 0.3 is 0 Å². The topological polar surface area (TPSA) is 94.0 Å². The quantitative estimate of drug-likeness (QED) is 0.683. The minimum Gasteiger partial charge on any atom is -0.397 e. The van der Waals surface area contributed by atoms with Crippen LogP contribution in [0.25, 0.3) is 21.0 Å². The fourth-order valence-electron chi connectivity index (χ4n) is 2.13. The number of aromatic nitrogens is 1. The molecular formula is C14H14N4OS. The molecule has 102 valence electrons. The van der Waals surface area contributed by atoms with Gasteiger partial charge in [0.1, 0.15) is 4.88 Å². The van der Waals surface area contributed by atoms with E-state index in [0.29, 0.717) is 23.7 Å². The molecule has 0 aliphatic rings. The van der Waals surface area contributed by atoms with E-state index in [4.69, 9.17) is 11.5 Å². The standard InChI is InChI=1S/C14H14N4OS/c15-5-6-17-14(19)13-11(16)9-7-18-10-4-2-1-3-8(10)12(9)20-13/h1-4,7H,5-6,15-16H2,(H,17,19). The second-order valence-corrected chi connectivity index (χ2v) is 5.43. The molecule has 0 spiro atoms. The Labute approximate surface area is 119 Å². The van der Waals surface area contributed by atoms with E-state index in [1.807, 2.05) is 24.3 Å². The second kappa shape index (κ2) is 5.07. The van der Waals surface area contributed by atoms with Crippen molar-refractivity contribution in [2.45, 2.75) is 0 Å². The van der Waals surface area contributed by atoms with Gasteiger partial charge in [-0.1, -0.05) is 18.2 Å². The zero-order valence-corrected chi connectivity index (χ0v) is 11.5. The first-order valence-corrected chi connectivity index (χ1v) is 7.08. The number of anilines is 1. The molecule has 1 aromatic carbocycles. The Morgan fingerprint density at radius 2 is 2.10 bits per heavy atom. The summed E-state index contributed by atoms with van der Waals surface area (Å²) in [4.78, 5) is 17.0. The van der Waals surface area contributed by atoms with E-state index in [1.165, 1.54) is 11.3 Å². The molecule has 6 heteroatoms. The number of benzene rings is 1. The molecule has 2 heterocycles. The number of hydrogen-bond acceptors (Lipinski definition) is 5. The third-order valence-electron chi connectivity index (χ3n) is 3.10. The Morgan fingerprint density at radius 3 is 2.90 bits per heavy atom. The Bertz CT molecular complexity index is 796. The predicted octanol–water partition coefficient (Wildman–Crippen LogP) is 1.72. The van der Waals surface area contributed by atoms with Gasteiger partial charge in [0.25, 0.3) is 5.91 Å². The zero-order valence-electron chi connectivity index (χ0n) is 10.7. The van der Waals surface area contributed by atoms with Crippen molar-refractivity contribution in [1.29, 1.82) is 0 Å². The lowest BCUT2D eigenvalue weighted by molar-refractivity contribution is 0.0959. The van der Waals surface area contributed by atoms with Gasteiger partial charge in [0.05, 0.1) is 11.2 Å². The number of nitrogens with one attached hydrogen (secondary N) is 1. The molecule has 0 atom stereocenters. The van der Waals surface area contributed by atoms with Gasteiger partial charge in [0.2, 0.25) is 0 Å². The van der Waals surface area contributed by atoms with E-state index in [0.717, 1.165) is 21.0 Å². The van der Waals surface area contributed by atoms with Crippen LogP contribution in [-0.4, -0.2) is 24.0 Å². The number of carbonyl (C=O) groups excluding carboxylic acids is 1. The van der Waals surface area contributed by atoms with Crippen molar-refractivity contribution in [3.05, 3.63) is 35.3 Å². The number of nitrogens with zero attached hydrogens (tertiary/aromatic N) is 1. The van der Waals surface area contributed by atoms with Crippen LogP contribution in [-0.2, 0) is 0 Å². The van der Waals surface area contributed by atoms with E-state index in [2.05, 4.69) is 10.3 Å². The Balaban J connectivity index is 2.18. The first-order chi connectivity index (χ1) is 9.72. The molecule has 0 bridgehead atoms. The molecule has 0 aliphatic carbocycles. The average Bonchev–Trinajstić information content (AvgIpc) is 2.82. The predicted molar refractivity (Wildman–Crippen MR) is 82.9 cm³/mol. The summed E-state index contributed by atoms with van der Waals surface area (Å²) >= 11 is 1.39. The highest BCUT2D eigenvalue weighted by Crippen LogP contribution is 2.37. The van der Waals surface area contributed by atoms with Crippen molar-refractivity contribution in [1.82, 2.24) is 10.3 Å². The van der Waals surface area contributed by atoms with Gasteiger partial charge < -0.3 is 16.8 Å². The summed E-state index contributed by atoms with van der Waals surface area (Å²) in [5.74, 6) is -0.182.